The molecule has 0 radical (unpaired) electrons. The molecule has 0 saturated carbocycles. The lowest BCUT2D eigenvalue weighted by molar-refractivity contribution is -0.280. The van der Waals surface area contributed by atoms with Crippen molar-refractivity contribution in [1.82, 2.24) is 0 Å². The summed E-state index contributed by atoms with van der Waals surface area (Å²) in [5.74, 6) is 0. The van der Waals surface area contributed by atoms with Crippen LogP contribution in [0.4, 0.5) is 0 Å². The predicted octanol–water partition coefficient (Wildman–Crippen LogP) is -2.59. The summed E-state index contributed by atoms with van der Waals surface area (Å²) >= 11 is 0. The van der Waals surface area contributed by atoms with Gasteiger partial charge in [-0.05, 0) is 0 Å². The van der Waals surface area contributed by atoms with Crippen molar-refractivity contribution in [1.29, 1.82) is 5.41 Å². The molecule has 82 valence electrons. The molecule has 0 aromatic carbocycles. The molecule has 7 heteroatoms. The Labute approximate surface area is 80.0 Å². The molecular formula is C7H13NO6. The molecule has 7 nitrogen and oxygen atoms in total. The maximum absolute atomic E-state index is 9.31. The number of hydrogen-bond acceptors (Lipinski definition) is 7. The lowest BCUT2D eigenvalue weighted by atomic mass is 9.99. The van der Waals surface area contributed by atoms with Crippen LogP contribution in [0.5, 0.6) is 0 Å². The van der Waals surface area contributed by atoms with Crippen LogP contribution < -0.4 is 0 Å². The topological polar surface area (TPSA) is 123 Å². The second-order valence-electron chi connectivity index (χ2n) is 2.95. The molecule has 0 amide bonds. The molecule has 0 bridgehead atoms. The first-order valence-electron chi connectivity index (χ1n) is 4.06. The van der Waals surface area contributed by atoms with Gasteiger partial charge in [0.25, 0.3) is 0 Å². The van der Waals surface area contributed by atoms with Gasteiger partial charge >= 0.3 is 0 Å². The van der Waals surface area contributed by atoms with Crippen LogP contribution in [-0.2, 0) is 9.47 Å². The zero-order valence-corrected chi connectivity index (χ0v) is 7.28. The number of rotatable bonds is 3. The van der Waals surface area contributed by atoms with E-state index in [0.717, 1.165) is 0 Å². The van der Waals surface area contributed by atoms with Crippen LogP contribution >= 0.6 is 0 Å². The molecular weight excluding hydrogens is 194 g/mol. The molecule has 14 heavy (non-hydrogen) atoms. The van der Waals surface area contributed by atoms with Crippen LogP contribution in [0.2, 0.25) is 0 Å². The van der Waals surface area contributed by atoms with Gasteiger partial charge in [-0.25, -0.2) is 0 Å². The van der Waals surface area contributed by atoms with Gasteiger partial charge in [0.2, 0.25) is 6.29 Å². The Hall–Kier alpha value is -0.730. The van der Waals surface area contributed by atoms with Crippen molar-refractivity contribution < 1.29 is 29.9 Å². The van der Waals surface area contributed by atoms with Crippen LogP contribution in [0.15, 0.2) is 0 Å². The number of aliphatic hydroxyl groups excluding tert-OH is 4. The molecule has 1 aliphatic heterocycles. The van der Waals surface area contributed by atoms with Gasteiger partial charge in [-0.2, -0.15) is 0 Å². The second-order valence-corrected chi connectivity index (χ2v) is 2.95. The van der Waals surface area contributed by atoms with E-state index in [4.69, 9.17) is 15.3 Å². The first kappa shape index (κ1) is 11.3. The van der Waals surface area contributed by atoms with Crippen LogP contribution in [0, 0.1) is 5.41 Å². The molecule has 0 aromatic rings. The summed E-state index contributed by atoms with van der Waals surface area (Å²) in [6.07, 6.45) is -6.02. The van der Waals surface area contributed by atoms with Crippen molar-refractivity contribution in [2.75, 3.05) is 6.61 Å². The Bertz CT molecular complexity index is 199. The first-order chi connectivity index (χ1) is 6.61. The fourth-order valence-corrected chi connectivity index (χ4v) is 1.25. The van der Waals surface area contributed by atoms with E-state index in [-0.39, 0.29) is 0 Å². The van der Waals surface area contributed by atoms with Crippen molar-refractivity contribution in [3.63, 3.8) is 0 Å². The Morgan fingerprint density at radius 2 is 1.86 bits per heavy atom. The van der Waals surface area contributed by atoms with E-state index in [9.17, 15) is 15.3 Å². The highest BCUT2D eigenvalue weighted by atomic mass is 16.7. The summed E-state index contributed by atoms with van der Waals surface area (Å²) in [4.78, 5) is 0. The number of aliphatic hydroxyl groups is 4. The smallest absolute Gasteiger partial charge is 0.230 e. The lowest BCUT2D eigenvalue weighted by Crippen LogP contribution is -2.59. The Kier molecular flexibility index (Phi) is 3.78. The van der Waals surface area contributed by atoms with Crippen LogP contribution in [0.3, 0.4) is 0 Å². The third-order valence-electron chi connectivity index (χ3n) is 2.05. The predicted molar refractivity (Wildman–Crippen MR) is 43.6 cm³/mol. The number of hydrogen-bond donors (Lipinski definition) is 5. The van der Waals surface area contributed by atoms with Crippen LogP contribution in [0.1, 0.15) is 0 Å². The summed E-state index contributed by atoms with van der Waals surface area (Å²) in [5.41, 5.74) is 0. The van der Waals surface area contributed by atoms with E-state index in [1.807, 2.05) is 0 Å². The zero-order chi connectivity index (χ0) is 10.7. The summed E-state index contributed by atoms with van der Waals surface area (Å²) < 4.78 is 9.42. The average molecular weight is 207 g/mol. The van der Waals surface area contributed by atoms with Crippen LogP contribution in [-0.4, -0.2) is 64.1 Å². The standard InChI is InChI=1S/C7H13NO6/c8-2-13-7-6(12)5(11)4(10)3(1-9)14-7/h2-12H,1H2/t3-,4-,5+,6+,7?/m1/s1. The van der Waals surface area contributed by atoms with Gasteiger partial charge in [0, 0.05) is 0 Å². The van der Waals surface area contributed by atoms with Gasteiger partial charge < -0.3 is 29.9 Å². The third kappa shape index (κ3) is 2.02. The highest BCUT2D eigenvalue weighted by Gasteiger charge is 2.44. The van der Waals surface area contributed by atoms with E-state index < -0.39 is 37.3 Å². The Morgan fingerprint density at radius 1 is 1.21 bits per heavy atom. The molecule has 0 aliphatic carbocycles. The highest BCUT2D eigenvalue weighted by molar-refractivity contribution is 5.41. The van der Waals surface area contributed by atoms with E-state index >= 15 is 0 Å². The van der Waals surface area contributed by atoms with Gasteiger partial charge in [0.1, 0.15) is 24.4 Å². The minimum absolute atomic E-state index is 0.511. The maximum atomic E-state index is 9.31. The average Bonchev–Trinajstić information content (AvgIpc) is 2.19. The summed E-state index contributed by atoms with van der Waals surface area (Å²) in [6, 6.07) is 0. The van der Waals surface area contributed by atoms with Crippen molar-refractivity contribution in [2.45, 2.75) is 30.7 Å². The monoisotopic (exact) mass is 207 g/mol. The summed E-state index contributed by atoms with van der Waals surface area (Å²) in [5, 5.41) is 43.3. The Balaban J connectivity index is 2.67. The normalized spacial score (nSPS) is 43.3. The summed E-state index contributed by atoms with van der Waals surface area (Å²) in [6.45, 7) is -0.511. The molecule has 1 saturated heterocycles. The third-order valence-corrected chi connectivity index (χ3v) is 2.05. The zero-order valence-electron chi connectivity index (χ0n) is 7.28. The van der Waals surface area contributed by atoms with Gasteiger partial charge in [-0.1, -0.05) is 0 Å². The molecule has 1 aliphatic rings. The molecule has 5 atom stereocenters. The number of ether oxygens (including phenoxy) is 2. The Morgan fingerprint density at radius 3 is 2.36 bits per heavy atom. The van der Waals surface area contributed by atoms with Gasteiger partial charge in [0.05, 0.1) is 6.61 Å². The van der Waals surface area contributed by atoms with Crippen molar-refractivity contribution >= 4 is 6.40 Å². The summed E-state index contributed by atoms with van der Waals surface area (Å²) in [7, 11) is 0. The minimum Gasteiger partial charge on any atom is -0.452 e. The van der Waals surface area contributed by atoms with Crippen molar-refractivity contribution in [3.8, 4) is 0 Å². The van der Waals surface area contributed by atoms with E-state index in [0.29, 0.717) is 6.40 Å². The van der Waals surface area contributed by atoms with Gasteiger partial charge in [-0.15, -0.1) is 0 Å². The SMILES string of the molecule is N=COC1O[C@H](CO)[C@@H](O)[C@H](O)[C@@H]1O. The van der Waals surface area contributed by atoms with Gasteiger partial charge in [0.15, 0.2) is 6.40 Å². The number of nitrogens with one attached hydrogen (secondary N) is 1. The first-order valence-corrected chi connectivity index (χ1v) is 4.06. The molecule has 1 rings (SSSR count). The fourth-order valence-electron chi connectivity index (χ4n) is 1.25. The van der Waals surface area contributed by atoms with Gasteiger partial charge in [-0.3, -0.25) is 5.41 Å². The van der Waals surface area contributed by atoms with Crippen molar-refractivity contribution in [2.24, 2.45) is 0 Å². The quantitative estimate of drug-likeness (QED) is 0.255. The molecule has 1 heterocycles. The van der Waals surface area contributed by atoms with E-state index in [2.05, 4.69) is 4.74 Å². The molecule has 1 fully saturated rings. The fraction of sp³-hybridized carbons (Fsp3) is 0.857. The largest absolute Gasteiger partial charge is 0.452 e. The van der Waals surface area contributed by atoms with Crippen molar-refractivity contribution in [3.05, 3.63) is 0 Å². The van der Waals surface area contributed by atoms with Crippen LogP contribution in [0.25, 0.3) is 0 Å². The molecule has 0 spiro atoms. The minimum atomic E-state index is -1.47. The molecule has 5 N–H and O–H groups in total. The molecule has 1 unspecified atom stereocenters. The van der Waals surface area contributed by atoms with E-state index in [1.165, 1.54) is 0 Å². The molecule has 0 aromatic heterocycles. The maximum Gasteiger partial charge on any atom is 0.230 e. The second kappa shape index (κ2) is 4.67. The highest BCUT2D eigenvalue weighted by Crippen LogP contribution is 2.21. The lowest BCUT2D eigenvalue weighted by Gasteiger charge is -2.38. The van der Waals surface area contributed by atoms with E-state index in [1.54, 1.807) is 0 Å².